The van der Waals surface area contributed by atoms with Crippen molar-refractivity contribution in [3.63, 3.8) is 0 Å². The number of phenolic OH excluding ortho intramolecular Hbond substituents is 1. The molecule has 1 nitrogen and oxygen atoms in total. The average Bonchev–Trinajstić information content (AvgIpc) is 3.02. The molecule has 0 unspecified atom stereocenters. The molecule has 1 aromatic heterocycles. The first-order chi connectivity index (χ1) is 11.2. The Morgan fingerprint density at radius 2 is 1.70 bits per heavy atom. The standard InChI is InChI=1S/C20H19FOS/c1-2-3-4-17-10-12-20(23-17)18-11-7-15(13-19(18)21)14-5-8-16(22)9-6-14/h5-13,22H,2-4H2,1H3. The van der Waals surface area contributed by atoms with Gasteiger partial charge in [0, 0.05) is 15.3 Å². The zero-order valence-corrected chi connectivity index (χ0v) is 13.9. The van der Waals surface area contributed by atoms with E-state index in [1.807, 2.05) is 18.2 Å². The van der Waals surface area contributed by atoms with E-state index in [1.165, 1.54) is 17.7 Å². The number of phenols is 1. The molecule has 23 heavy (non-hydrogen) atoms. The van der Waals surface area contributed by atoms with Crippen molar-refractivity contribution in [2.24, 2.45) is 0 Å². The summed E-state index contributed by atoms with van der Waals surface area (Å²) in [7, 11) is 0. The maximum Gasteiger partial charge on any atom is 0.132 e. The van der Waals surface area contributed by atoms with Crippen molar-refractivity contribution in [1.82, 2.24) is 0 Å². The van der Waals surface area contributed by atoms with Crippen LogP contribution in [0.5, 0.6) is 5.75 Å². The molecule has 118 valence electrons. The second-order valence-electron chi connectivity index (χ2n) is 5.61. The molecule has 0 spiro atoms. The molecule has 3 rings (SSSR count). The SMILES string of the molecule is CCCCc1ccc(-c2ccc(-c3ccc(O)cc3)cc2F)s1. The zero-order chi connectivity index (χ0) is 16.2. The normalized spacial score (nSPS) is 10.9. The van der Waals surface area contributed by atoms with E-state index >= 15 is 0 Å². The number of thiophene rings is 1. The molecular weight excluding hydrogens is 307 g/mol. The summed E-state index contributed by atoms with van der Waals surface area (Å²) < 4.78 is 14.5. The van der Waals surface area contributed by atoms with Gasteiger partial charge in [-0.1, -0.05) is 31.5 Å². The third-order valence-electron chi connectivity index (χ3n) is 3.87. The van der Waals surface area contributed by atoms with Gasteiger partial charge in [-0.25, -0.2) is 4.39 Å². The Morgan fingerprint density at radius 3 is 2.39 bits per heavy atom. The summed E-state index contributed by atoms with van der Waals surface area (Å²) >= 11 is 1.67. The lowest BCUT2D eigenvalue weighted by molar-refractivity contribution is 0.475. The van der Waals surface area contributed by atoms with Crippen LogP contribution < -0.4 is 0 Å². The maximum atomic E-state index is 14.5. The molecule has 0 saturated heterocycles. The van der Waals surface area contributed by atoms with Crippen molar-refractivity contribution in [3.8, 4) is 27.3 Å². The van der Waals surface area contributed by atoms with Gasteiger partial charge < -0.3 is 5.11 Å². The highest BCUT2D eigenvalue weighted by molar-refractivity contribution is 7.15. The van der Waals surface area contributed by atoms with Gasteiger partial charge in [0.25, 0.3) is 0 Å². The highest BCUT2D eigenvalue weighted by Gasteiger charge is 2.10. The fourth-order valence-electron chi connectivity index (χ4n) is 2.56. The van der Waals surface area contributed by atoms with Crippen molar-refractivity contribution in [1.29, 1.82) is 0 Å². The molecule has 2 aromatic carbocycles. The van der Waals surface area contributed by atoms with Crippen molar-refractivity contribution < 1.29 is 9.50 Å². The van der Waals surface area contributed by atoms with Gasteiger partial charge in [-0.05, 0) is 60.4 Å². The van der Waals surface area contributed by atoms with E-state index in [0.29, 0.717) is 5.56 Å². The number of hydrogen-bond donors (Lipinski definition) is 1. The van der Waals surface area contributed by atoms with Gasteiger partial charge in [0.15, 0.2) is 0 Å². The molecule has 0 aliphatic rings. The Morgan fingerprint density at radius 1 is 0.957 bits per heavy atom. The predicted molar refractivity (Wildman–Crippen MR) is 95.4 cm³/mol. The quantitative estimate of drug-likeness (QED) is 0.586. The third-order valence-corrected chi connectivity index (χ3v) is 5.05. The van der Waals surface area contributed by atoms with Crippen molar-refractivity contribution in [2.75, 3.05) is 0 Å². The first-order valence-electron chi connectivity index (χ1n) is 7.85. The van der Waals surface area contributed by atoms with Crippen LogP contribution in [0.2, 0.25) is 0 Å². The lowest BCUT2D eigenvalue weighted by atomic mass is 10.0. The number of rotatable bonds is 5. The van der Waals surface area contributed by atoms with E-state index in [-0.39, 0.29) is 11.6 Å². The summed E-state index contributed by atoms with van der Waals surface area (Å²) in [6.07, 6.45) is 3.40. The fraction of sp³-hybridized carbons (Fsp3) is 0.200. The van der Waals surface area contributed by atoms with Crippen LogP contribution in [0.15, 0.2) is 54.6 Å². The van der Waals surface area contributed by atoms with Crippen LogP contribution in [-0.4, -0.2) is 5.11 Å². The first-order valence-corrected chi connectivity index (χ1v) is 8.67. The minimum atomic E-state index is -0.209. The van der Waals surface area contributed by atoms with Crippen LogP contribution in [0.4, 0.5) is 4.39 Å². The molecule has 0 atom stereocenters. The molecule has 0 radical (unpaired) electrons. The molecule has 0 fully saturated rings. The van der Waals surface area contributed by atoms with Gasteiger partial charge in [-0.2, -0.15) is 0 Å². The van der Waals surface area contributed by atoms with Gasteiger partial charge in [0.05, 0.1) is 0 Å². The molecule has 0 aliphatic carbocycles. The summed E-state index contributed by atoms with van der Waals surface area (Å²) in [5.41, 5.74) is 2.36. The number of unbranched alkanes of at least 4 members (excludes halogenated alkanes) is 1. The monoisotopic (exact) mass is 326 g/mol. The predicted octanol–water partition coefficient (Wildman–Crippen LogP) is 6.27. The number of halogens is 1. The smallest absolute Gasteiger partial charge is 0.132 e. The summed E-state index contributed by atoms with van der Waals surface area (Å²) in [6, 6.07) is 16.2. The van der Waals surface area contributed by atoms with E-state index in [2.05, 4.69) is 13.0 Å². The lowest BCUT2D eigenvalue weighted by Crippen LogP contribution is -1.84. The summed E-state index contributed by atoms with van der Waals surface area (Å²) in [6.45, 7) is 2.18. The van der Waals surface area contributed by atoms with Crippen molar-refractivity contribution >= 4 is 11.3 Å². The number of aromatic hydroxyl groups is 1. The Bertz CT molecular complexity index is 790. The van der Waals surface area contributed by atoms with Crippen LogP contribution in [0, 0.1) is 5.82 Å². The third kappa shape index (κ3) is 3.62. The van der Waals surface area contributed by atoms with E-state index in [0.717, 1.165) is 22.4 Å². The Hall–Kier alpha value is -2.13. The van der Waals surface area contributed by atoms with Gasteiger partial charge >= 0.3 is 0 Å². The second-order valence-corrected chi connectivity index (χ2v) is 6.78. The highest BCUT2D eigenvalue weighted by atomic mass is 32.1. The van der Waals surface area contributed by atoms with Crippen LogP contribution >= 0.6 is 11.3 Å². The molecule has 0 saturated carbocycles. The average molecular weight is 326 g/mol. The van der Waals surface area contributed by atoms with E-state index in [4.69, 9.17) is 0 Å². The van der Waals surface area contributed by atoms with Gasteiger partial charge in [-0.15, -0.1) is 11.3 Å². The Balaban J connectivity index is 1.87. The lowest BCUT2D eigenvalue weighted by Gasteiger charge is -2.05. The minimum Gasteiger partial charge on any atom is -0.508 e. The maximum absolute atomic E-state index is 14.5. The number of benzene rings is 2. The summed E-state index contributed by atoms with van der Waals surface area (Å²) in [4.78, 5) is 2.29. The number of hydrogen-bond acceptors (Lipinski definition) is 2. The molecule has 0 bridgehead atoms. The van der Waals surface area contributed by atoms with Gasteiger partial charge in [0.1, 0.15) is 11.6 Å². The van der Waals surface area contributed by atoms with E-state index < -0.39 is 0 Å². The molecule has 3 heteroatoms. The second kappa shape index (κ2) is 6.97. The molecule has 1 heterocycles. The molecule has 3 aromatic rings. The number of aryl methyl sites for hydroxylation is 1. The largest absolute Gasteiger partial charge is 0.508 e. The Labute approximate surface area is 140 Å². The van der Waals surface area contributed by atoms with Gasteiger partial charge in [-0.3, -0.25) is 0 Å². The molecule has 0 amide bonds. The van der Waals surface area contributed by atoms with Crippen LogP contribution in [0.25, 0.3) is 21.6 Å². The fourth-order valence-corrected chi connectivity index (χ4v) is 3.63. The first kappa shape index (κ1) is 15.8. The van der Waals surface area contributed by atoms with Gasteiger partial charge in [0.2, 0.25) is 0 Å². The summed E-state index contributed by atoms with van der Waals surface area (Å²) in [5.74, 6) is 0.00324. The van der Waals surface area contributed by atoms with E-state index in [9.17, 15) is 9.50 Å². The summed E-state index contributed by atoms with van der Waals surface area (Å²) in [5, 5.41) is 9.34. The van der Waals surface area contributed by atoms with Crippen LogP contribution in [-0.2, 0) is 6.42 Å². The van der Waals surface area contributed by atoms with Crippen molar-refractivity contribution in [2.45, 2.75) is 26.2 Å². The minimum absolute atomic E-state index is 0.209. The molecule has 1 N–H and O–H groups in total. The van der Waals surface area contributed by atoms with Crippen molar-refractivity contribution in [3.05, 3.63) is 65.3 Å². The van der Waals surface area contributed by atoms with Crippen LogP contribution in [0.1, 0.15) is 24.6 Å². The Kier molecular flexibility index (Phi) is 4.77. The zero-order valence-electron chi connectivity index (χ0n) is 13.1. The highest BCUT2D eigenvalue weighted by Crippen LogP contribution is 2.33. The molecule has 0 aliphatic heterocycles. The molecular formula is C20H19FOS. The van der Waals surface area contributed by atoms with E-state index in [1.54, 1.807) is 41.7 Å². The topological polar surface area (TPSA) is 20.2 Å². The van der Waals surface area contributed by atoms with Crippen LogP contribution in [0.3, 0.4) is 0 Å².